The van der Waals surface area contributed by atoms with E-state index in [1.807, 2.05) is 44.2 Å². The number of pyridine rings is 1. The number of ketones is 1. The van der Waals surface area contributed by atoms with Crippen molar-refractivity contribution in [1.29, 1.82) is 0 Å². The Bertz CT molecular complexity index is 2070. The molecule has 44 heavy (non-hydrogen) atoms. The minimum absolute atomic E-state index is 0.206. The fourth-order valence-corrected chi connectivity index (χ4v) is 5.62. The van der Waals surface area contributed by atoms with Gasteiger partial charge in [-0.25, -0.2) is 29.3 Å². The molecule has 6 heterocycles. The monoisotopic (exact) mass is 591 g/mol. The van der Waals surface area contributed by atoms with Crippen LogP contribution in [0.5, 0.6) is 5.75 Å². The topological polar surface area (TPSA) is 153 Å². The number of aromatic nitrogens is 9. The van der Waals surface area contributed by atoms with E-state index in [0.29, 0.717) is 66.1 Å². The molecule has 14 nitrogen and oxygen atoms in total. The van der Waals surface area contributed by atoms with Gasteiger partial charge in [-0.15, -0.1) is 0 Å². The van der Waals surface area contributed by atoms with Crippen molar-refractivity contribution in [2.75, 3.05) is 38.2 Å². The smallest absolute Gasteiger partial charge is 0.295 e. The van der Waals surface area contributed by atoms with Crippen LogP contribution in [0.4, 0.5) is 5.82 Å². The van der Waals surface area contributed by atoms with Gasteiger partial charge in [0.25, 0.3) is 11.7 Å². The highest BCUT2D eigenvalue weighted by atomic mass is 16.5. The molecule has 14 heteroatoms. The number of methoxy groups -OCH3 is 1. The number of nitrogens with one attached hydrogen (secondary N) is 1. The zero-order valence-corrected chi connectivity index (χ0v) is 24.6. The summed E-state index contributed by atoms with van der Waals surface area (Å²) in [4.78, 5) is 52.4. The molecule has 0 bridgehead atoms. The Kier molecular flexibility index (Phi) is 6.52. The minimum Gasteiger partial charge on any atom is -0.494 e. The third-order valence-electron chi connectivity index (χ3n) is 7.75. The maximum atomic E-state index is 13.6. The van der Waals surface area contributed by atoms with Crippen LogP contribution in [0.3, 0.4) is 0 Å². The first kappa shape index (κ1) is 27.2. The highest BCUT2D eigenvalue weighted by molar-refractivity contribution is 6.45. The number of rotatable bonds is 6. The molecule has 1 aliphatic heterocycles. The van der Waals surface area contributed by atoms with Crippen LogP contribution < -0.4 is 9.64 Å². The molecule has 6 aromatic rings. The average Bonchev–Trinajstić information content (AvgIpc) is 3.77. The number of Topliss-reactive ketones (excluding diaryl/α,β-unsaturated/α-hetero) is 1. The molecule has 1 fully saturated rings. The highest BCUT2D eigenvalue weighted by Crippen LogP contribution is 2.32. The quantitative estimate of drug-likeness (QED) is 0.226. The molecule has 7 rings (SSSR count). The van der Waals surface area contributed by atoms with Crippen molar-refractivity contribution >= 4 is 39.4 Å². The predicted molar refractivity (Wildman–Crippen MR) is 162 cm³/mol. The number of fused-ring (bicyclic) bond motifs is 2. The lowest BCUT2D eigenvalue weighted by Crippen LogP contribution is -2.51. The lowest BCUT2D eigenvalue weighted by Gasteiger charge is -2.35. The number of para-hydroxylation sites is 2. The zero-order valence-electron chi connectivity index (χ0n) is 24.6. The van der Waals surface area contributed by atoms with E-state index in [1.165, 1.54) is 30.5 Å². The number of H-pyrrole nitrogens is 1. The fourth-order valence-electron chi connectivity index (χ4n) is 5.62. The van der Waals surface area contributed by atoms with Gasteiger partial charge in [0.1, 0.15) is 17.9 Å². The summed E-state index contributed by atoms with van der Waals surface area (Å²) in [6, 6.07) is 9.70. The average molecular weight is 592 g/mol. The molecular formula is C30H29N11O3. The van der Waals surface area contributed by atoms with Gasteiger partial charge in [0.2, 0.25) is 0 Å². The van der Waals surface area contributed by atoms with E-state index in [2.05, 4.69) is 30.0 Å². The minimum atomic E-state index is -0.635. The Hall–Kier alpha value is -5.66. The Balaban J connectivity index is 1.16. The number of ether oxygens (including phenoxy) is 1. The molecular weight excluding hydrogens is 562 g/mol. The molecule has 0 radical (unpaired) electrons. The van der Waals surface area contributed by atoms with Crippen LogP contribution in [0.1, 0.15) is 27.6 Å². The Labute approximate surface area is 251 Å². The maximum absolute atomic E-state index is 13.6. The van der Waals surface area contributed by atoms with Gasteiger partial charge in [0.05, 0.1) is 46.5 Å². The fraction of sp³-hybridized carbons (Fsp3) is 0.267. The van der Waals surface area contributed by atoms with E-state index < -0.39 is 11.7 Å². The van der Waals surface area contributed by atoms with Gasteiger partial charge in [-0.2, -0.15) is 10.2 Å². The number of aromatic amines is 1. The Morgan fingerprint density at radius 3 is 2.27 bits per heavy atom. The van der Waals surface area contributed by atoms with Crippen molar-refractivity contribution in [2.24, 2.45) is 0 Å². The molecule has 0 aliphatic carbocycles. The molecule has 0 spiro atoms. The van der Waals surface area contributed by atoms with Crippen LogP contribution in [0.2, 0.25) is 0 Å². The first-order valence-electron chi connectivity index (χ1n) is 14.1. The largest absolute Gasteiger partial charge is 0.494 e. The first-order valence-corrected chi connectivity index (χ1v) is 14.1. The van der Waals surface area contributed by atoms with Gasteiger partial charge < -0.3 is 19.5 Å². The molecule has 0 unspecified atom stereocenters. The summed E-state index contributed by atoms with van der Waals surface area (Å²) in [6.45, 7) is 7.29. The molecule has 0 atom stereocenters. The second-order valence-corrected chi connectivity index (χ2v) is 10.6. The Morgan fingerprint density at radius 1 is 0.909 bits per heavy atom. The van der Waals surface area contributed by atoms with E-state index in [4.69, 9.17) is 14.7 Å². The van der Waals surface area contributed by atoms with E-state index in [0.717, 1.165) is 22.4 Å². The van der Waals surface area contributed by atoms with Gasteiger partial charge in [-0.3, -0.25) is 9.59 Å². The number of carbonyl (C=O) groups excluding carboxylic acids is 2. The van der Waals surface area contributed by atoms with Crippen molar-refractivity contribution < 1.29 is 14.3 Å². The lowest BCUT2D eigenvalue weighted by molar-refractivity contribution is -0.126. The summed E-state index contributed by atoms with van der Waals surface area (Å²) < 4.78 is 8.84. The number of anilines is 1. The summed E-state index contributed by atoms with van der Waals surface area (Å²) in [5, 5.41) is 9.45. The summed E-state index contributed by atoms with van der Waals surface area (Å²) in [5.74, 6) is 1.46. The SMILES string of the molecule is COc1cnc(-n2cnc(C)n2)c2[nH]cc(C(=O)C(=O)N3CCN(c4nc5ccccc5nc4-n4nc(C)cc4C)CC3)c12. The van der Waals surface area contributed by atoms with Gasteiger partial charge >= 0.3 is 0 Å². The molecule has 1 amide bonds. The predicted octanol–water partition coefficient (Wildman–Crippen LogP) is 2.74. The number of nitrogens with zero attached hydrogens (tertiary/aromatic N) is 10. The van der Waals surface area contributed by atoms with Crippen LogP contribution in [0.25, 0.3) is 33.6 Å². The standard InChI is InChI=1S/C30H29N11O3/c1-17-13-18(2)41(36-17)29-28(34-21-7-5-6-8-22(21)35-29)38-9-11-39(12-10-38)30(43)26(42)20-14-31-25-24(20)23(44-4)15-32-27(25)40-16-33-19(3)37-40/h5-8,13-16,31H,9-12H2,1-4H3. The summed E-state index contributed by atoms with van der Waals surface area (Å²) in [5.41, 5.74) is 4.08. The Morgan fingerprint density at radius 2 is 1.64 bits per heavy atom. The highest BCUT2D eigenvalue weighted by Gasteiger charge is 2.31. The van der Waals surface area contributed by atoms with Crippen LogP contribution in [0.15, 0.2) is 49.1 Å². The normalized spacial score (nSPS) is 13.6. The summed E-state index contributed by atoms with van der Waals surface area (Å²) in [7, 11) is 1.49. The molecule has 1 N–H and O–H groups in total. The number of hydrogen-bond donors (Lipinski definition) is 1. The first-order chi connectivity index (χ1) is 21.3. The van der Waals surface area contributed by atoms with Crippen molar-refractivity contribution in [3.8, 4) is 17.4 Å². The third kappa shape index (κ3) is 4.51. The van der Waals surface area contributed by atoms with Gasteiger partial charge in [0.15, 0.2) is 17.5 Å². The number of carbonyl (C=O) groups is 2. The van der Waals surface area contributed by atoms with Gasteiger partial charge in [-0.05, 0) is 39.0 Å². The second-order valence-electron chi connectivity index (χ2n) is 10.6. The molecule has 1 aliphatic rings. The lowest BCUT2D eigenvalue weighted by atomic mass is 10.1. The number of piperazine rings is 1. The number of hydrogen-bond acceptors (Lipinski definition) is 10. The van der Waals surface area contributed by atoms with E-state index in [1.54, 1.807) is 16.5 Å². The van der Waals surface area contributed by atoms with E-state index in [-0.39, 0.29) is 5.56 Å². The van der Waals surface area contributed by atoms with Crippen molar-refractivity contribution in [2.45, 2.75) is 20.8 Å². The molecule has 1 aromatic carbocycles. The summed E-state index contributed by atoms with van der Waals surface area (Å²) in [6.07, 6.45) is 4.56. The number of aryl methyl sites for hydroxylation is 3. The molecule has 5 aromatic heterocycles. The van der Waals surface area contributed by atoms with Crippen molar-refractivity contribution in [3.63, 3.8) is 0 Å². The zero-order chi connectivity index (χ0) is 30.5. The van der Waals surface area contributed by atoms with Crippen LogP contribution in [-0.4, -0.2) is 94.4 Å². The van der Waals surface area contributed by atoms with E-state index in [9.17, 15) is 9.59 Å². The van der Waals surface area contributed by atoms with Crippen LogP contribution >= 0.6 is 0 Å². The van der Waals surface area contributed by atoms with E-state index >= 15 is 0 Å². The van der Waals surface area contributed by atoms with Crippen molar-refractivity contribution in [1.82, 2.24) is 49.4 Å². The molecule has 0 saturated carbocycles. The van der Waals surface area contributed by atoms with Gasteiger partial charge in [0, 0.05) is 38.1 Å². The van der Waals surface area contributed by atoms with Gasteiger partial charge in [-0.1, -0.05) is 12.1 Å². The number of benzene rings is 1. The third-order valence-corrected chi connectivity index (χ3v) is 7.75. The van der Waals surface area contributed by atoms with Crippen LogP contribution in [-0.2, 0) is 4.79 Å². The maximum Gasteiger partial charge on any atom is 0.295 e. The molecule has 1 saturated heterocycles. The molecule has 222 valence electrons. The number of amides is 1. The van der Waals surface area contributed by atoms with Crippen molar-refractivity contribution in [3.05, 3.63) is 71.8 Å². The van der Waals surface area contributed by atoms with Crippen LogP contribution in [0, 0.1) is 20.8 Å². The summed E-state index contributed by atoms with van der Waals surface area (Å²) >= 11 is 0. The second kappa shape index (κ2) is 10.6.